The molecule has 5 rings (SSSR count). The summed E-state index contributed by atoms with van der Waals surface area (Å²) in [4.78, 5) is 2.61. The summed E-state index contributed by atoms with van der Waals surface area (Å²) in [5.41, 5.74) is 2.43. The van der Waals surface area contributed by atoms with Crippen molar-refractivity contribution in [1.29, 1.82) is 0 Å². The summed E-state index contributed by atoms with van der Waals surface area (Å²) in [5, 5.41) is 4.47. The third kappa shape index (κ3) is 19.4. The average Bonchev–Trinajstić information content (AvgIpc) is 4.12. The zero-order valence-electron chi connectivity index (χ0n) is 41.3. The summed E-state index contributed by atoms with van der Waals surface area (Å²) in [7, 11) is 0. The molecule has 4 heterocycles. The average molecular weight is 948 g/mol. The molecule has 2 unspecified atom stereocenters. The molecule has 0 spiro atoms. The van der Waals surface area contributed by atoms with Gasteiger partial charge >= 0.3 is 0 Å². The molecule has 2 nitrogen and oxygen atoms in total. The minimum Gasteiger partial charge on any atom is -0.493 e. The van der Waals surface area contributed by atoms with Gasteiger partial charge in [-0.05, 0) is 84.7 Å². The van der Waals surface area contributed by atoms with Crippen LogP contribution in [0.3, 0.4) is 0 Å². The predicted molar refractivity (Wildman–Crippen MR) is 292 cm³/mol. The minimum atomic E-state index is 0.594. The standard InChI is InChI=1S/C58H90O2S4/c1-5-9-13-17-21-23-27-31-35-47(33-29-25-19-15-11-7-3)45-59-51-41-50(56-44-58-54(64-56)38-40-62-58)52(42-49(51)55-43-57-53(63-55)37-39-61-57)60-46-48(34-30-26-20-16-12-8-4)36-32-28-24-22-18-14-10-6-2/h37-44,47-48H,5-36,45-46H2,1-4H3. The van der Waals surface area contributed by atoms with Crippen LogP contribution < -0.4 is 9.47 Å². The predicted octanol–water partition coefficient (Wildman–Crippen LogP) is 22.1. The molecule has 0 saturated heterocycles. The summed E-state index contributed by atoms with van der Waals surface area (Å²) in [6.45, 7) is 10.9. The lowest BCUT2D eigenvalue weighted by molar-refractivity contribution is 0.220. The summed E-state index contributed by atoms with van der Waals surface area (Å²) in [6.07, 6.45) is 43.4. The van der Waals surface area contributed by atoms with Crippen LogP contribution in [0.4, 0.5) is 0 Å². The number of benzene rings is 1. The molecule has 0 aliphatic rings. The third-order valence-electron chi connectivity index (χ3n) is 13.7. The Kier molecular flexibility index (Phi) is 27.2. The highest BCUT2D eigenvalue weighted by atomic mass is 32.1. The molecule has 0 saturated carbocycles. The van der Waals surface area contributed by atoms with Gasteiger partial charge in [0.15, 0.2) is 0 Å². The number of ether oxygens (including phenoxy) is 2. The number of unbranched alkanes of at least 4 members (excludes halogenated alkanes) is 24. The van der Waals surface area contributed by atoms with Gasteiger partial charge in [-0.1, -0.05) is 207 Å². The highest BCUT2D eigenvalue weighted by Crippen LogP contribution is 2.48. The van der Waals surface area contributed by atoms with Gasteiger partial charge in [-0.3, -0.25) is 0 Å². The molecular weight excluding hydrogens is 857 g/mol. The fraction of sp³-hybridized carbons (Fsp3) is 0.690. The van der Waals surface area contributed by atoms with Crippen LogP contribution in [-0.2, 0) is 0 Å². The number of thiophene rings is 4. The van der Waals surface area contributed by atoms with Crippen molar-refractivity contribution in [3.05, 3.63) is 47.2 Å². The van der Waals surface area contributed by atoms with Crippen LogP contribution in [0.25, 0.3) is 39.7 Å². The van der Waals surface area contributed by atoms with Gasteiger partial charge in [-0.15, -0.1) is 45.3 Å². The first kappa shape index (κ1) is 53.1. The summed E-state index contributed by atoms with van der Waals surface area (Å²) in [6, 6.07) is 14.2. The van der Waals surface area contributed by atoms with E-state index in [-0.39, 0.29) is 0 Å². The lowest BCUT2D eigenvalue weighted by Gasteiger charge is -2.22. The maximum atomic E-state index is 7.20. The fourth-order valence-electron chi connectivity index (χ4n) is 9.58. The first-order chi connectivity index (χ1) is 31.6. The van der Waals surface area contributed by atoms with Crippen molar-refractivity contribution in [2.75, 3.05) is 13.2 Å². The molecule has 0 fully saturated rings. The van der Waals surface area contributed by atoms with Gasteiger partial charge in [0.1, 0.15) is 11.5 Å². The Bertz CT molecular complexity index is 1700. The minimum absolute atomic E-state index is 0.594. The lowest BCUT2D eigenvalue weighted by atomic mass is 9.94. The Morgan fingerprint density at radius 1 is 0.359 bits per heavy atom. The van der Waals surface area contributed by atoms with E-state index in [1.54, 1.807) is 0 Å². The summed E-state index contributed by atoms with van der Waals surface area (Å²) >= 11 is 7.54. The van der Waals surface area contributed by atoms with E-state index < -0.39 is 0 Å². The maximum Gasteiger partial charge on any atom is 0.128 e. The van der Waals surface area contributed by atoms with Gasteiger partial charge in [0.2, 0.25) is 0 Å². The van der Waals surface area contributed by atoms with E-state index in [0.29, 0.717) is 11.8 Å². The Morgan fingerprint density at radius 3 is 0.953 bits per heavy atom. The number of hydrogen-bond donors (Lipinski definition) is 0. The van der Waals surface area contributed by atoms with Crippen LogP contribution >= 0.6 is 45.3 Å². The molecule has 0 radical (unpaired) electrons. The fourth-order valence-corrected chi connectivity index (χ4v) is 13.8. The summed E-state index contributed by atoms with van der Waals surface area (Å²) in [5.74, 6) is 3.27. The van der Waals surface area contributed by atoms with Crippen molar-refractivity contribution in [2.24, 2.45) is 11.8 Å². The van der Waals surface area contributed by atoms with Crippen LogP contribution in [0.5, 0.6) is 11.5 Å². The molecule has 0 aliphatic heterocycles. The highest BCUT2D eigenvalue weighted by molar-refractivity contribution is 7.29. The van der Waals surface area contributed by atoms with Crippen LogP contribution in [-0.4, -0.2) is 13.2 Å². The molecular formula is C58H90O2S4. The van der Waals surface area contributed by atoms with E-state index in [0.717, 1.165) is 24.7 Å². The molecule has 358 valence electrons. The van der Waals surface area contributed by atoms with Crippen LogP contribution in [0.2, 0.25) is 0 Å². The van der Waals surface area contributed by atoms with E-state index in [1.165, 1.54) is 245 Å². The van der Waals surface area contributed by atoms with Crippen molar-refractivity contribution >= 4 is 64.1 Å². The number of hydrogen-bond acceptors (Lipinski definition) is 6. The second-order valence-electron chi connectivity index (χ2n) is 19.4. The summed E-state index contributed by atoms with van der Waals surface area (Å²) < 4.78 is 19.9. The molecule has 5 aromatic rings. The number of fused-ring (bicyclic) bond motifs is 2. The first-order valence-corrected chi connectivity index (χ1v) is 30.4. The van der Waals surface area contributed by atoms with Gasteiger partial charge in [0.25, 0.3) is 0 Å². The monoisotopic (exact) mass is 947 g/mol. The van der Waals surface area contributed by atoms with Crippen LogP contribution in [0.1, 0.15) is 233 Å². The van der Waals surface area contributed by atoms with Crippen molar-refractivity contribution in [1.82, 2.24) is 0 Å². The van der Waals surface area contributed by atoms with Crippen LogP contribution in [0.15, 0.2) is 47.2 Å². The molecule has 0 bridgehead atoms. The Hall–Kier alpha value is -1.86. The molecule has 6 heteroatoms. The van der Waals surface area contributed by atoms with Crippen molar-refractivity contribution in [2.45, 2.75) is 233 Å². The van der Waals surface area contributed by atoms with Gasteiger partial charge in [0, 0.05) is 39.7 Å². The van der Waals surface area contributed by atoms with Gasteiger partial charge in [-0.25, -0.2) is 0 Å². The van der Waals surface area contributed by atoms with E-state index in [4.69, 9.17) is 9.47 Å². The van der Waals surface area contributed by atoms with Crippen LogP contribution in [0, 0.1) is 11.8 Å². The molecule has 64 heavy (non-hydrogen) atoms. The van der Waals surface area contributed by atoms with E-state index >= 15 is 0 Å². The zero-order valence-corrected chi connectivity index (χ0v) is 44.5. The number of rotatable bonds is 40. The van der Waals surface area contributed by atoms with Gasteiger partial charge in [-0.2, -0.15) is 0 Å². The molecule has 0 amide bonds. The second-order valence-corrected chi connectivity index (χ2v) is 23.4. The Balaban J connectivity index is 1.37. The zero-order chi connectivity index (χ0) is 44.9. The Labute approximate surface area is 408 Å². The first-order valence-electron chi connectivity index (χ1n) is 27.0. The molecule has 0 N–H and O–H groups in total. The van der Waals surface area contributed by atoms with Crippen molar-refractivity contribution in [3.8, 4) is 32.4 Å². The van der Waals surface area contributed by atoms with Gasteiger partial charge in [0.05, 0.1) is 13.2 Å². The van der Waals surface area contributed by atoms with Crippen molar-refractivity contribution in [3.63, 3.8) is 0 Å². The highest BCUT2D eigenvalue weighted by Gasteiger charge is 2.22. The van der Waals surface area contributed by atoms with Gasteiger partial charge < -0.3 is 9.47 Å². The smallest absolute Gasteiger partial charge is 0.128 e. The Morgan fingerprint density at radius 2 is 0.656 bits per heavy atom. The topological polar surface area (TPSA) is 18.5 Å². The largest absolute Gasteiger partial charge is 0.493 e. The molecule has 0 aliphatic carbocycles. The normalized spacial score (nSPS) is 12.8. The molecule has 1 aromatic carbocycles. The second kappa shape index (κ2) is 32.8. The van der Waals surface area contributed by atoms with Crippen molar-refractivity contribution < 1.29 is 9.47 Å². The maximum absolute atomic E-state index is 7.20. The van der Waals surface area contributed by atoms with E-state index in [2.05, 4.69) is 74.9 Å². The SMILES string of the molecule is CCCCCCCCCCC(CCCCCCCC)COc1cc(-c2cc3sccc3s2)c(OCC(CCCCCCCC)CCCCCCCCCC)cc1-c1cc2sccc2s1. The van der Waals surface area contributed by atoms with E-state index in [9.17, 15) is 0 Å². The third-order valence-corrected chi connectivity index (χ3v) is 18.0. The molecule has 2 atom stereocenters. The molecule has 4 aromatic heterocycles. The lowest BCUT2D eigenvalue weighted by Crippen LogP contribution is -2.14. The quantitative estimate of drug-likeness (QED) is 0.0364. The van der Waals surface area contributed by atoms with E-state index in [1.807, 2.05) is 45.3 Å².